The fraction of sp³-hybridized carbons (Fsp3) is 0.500. The number of benzene rings is 1. The van der Waals surface area contributed by atoms with Gasteiger partial charge in [0.2, 0.25) is 5.88 Å². The van der Waals surface area contributed by atoms with E-state index in [0.29, 0.717) is 47.7 Å². The number of aryl methyl sites for hydroxylation is 1. The van der Waals surface area contributed by atoms with Crippen LogP contribution in [0.25, 0.3) is 17.3 Å². The maximum atomic E-state index is 13.0. The molecule has 1 spiro atoms. The molecule has 3 N–H and O–H groups in total. The number of anilines is 1. The van der Waals surface area contributed by atoms with Crippen LogP contribution in [0.3, 0.4) is 0 Å². The molecule has 2 aliphatic heterocycles. The van der Waals surface area contributed by atoms with Gasteiger partial charge in [-0.25, -0.2) is 9.67 Å². The number of nitrogen functional groups attached to an aromatic ring is 1. The number of hydrogen-bond donors (Lipinski definition) is 2. The molecule has 0 saturated carbocycles. The quantitative estimate of drug-likeness (QED) is 0.273. The van der Waals surface area contributed by atoms with E-state index in [0.717, 1.165) is 80.4 Å². The smallest absolute Gasteiger partial charge is 0.272 e. The zero-order chi connectivity index (χ0) is 33.9. The molecular formula is C36H41N9O4. The van der Waals surface area contributed by atoms with Crippen molar-refractivity contribution in [3.05, 3.63) is 64.2 Å². The van der Waals surface area contributed by atoms with E-state index in [9.17, 15) is 10.1 Å². The van der Waals surface area contributed by atoms with E-state index in [1.54, 1.807) is 23.0 Å². The van der Waals surface area contributed by atoms with Crippen LogP contribution in [0.1, 0.15) is 90.9 Å². The summed E-state index contributed by atoms with van der Waals surface area (Å²) in [7, 11) is 2.12. The Morgan fingerprint density at radius 2 is 2.00 bits per heavy atom. The van der Waals surface area contributed by atoms with Crippen molar-refractivity contribution in [1.82, 2.24) is 35.1 Å². The van der Waals surface area contributed by atoms with E-state index in [2.05, 4.69) is 46.6 Å². The highest BCUT2D eigenvalue weighted by Crippen LogP contribution is 2.53. The van der Waals surface area contributed by atoms with Gasteiger partial charge in [0.1, 0.15) is 12.2 Å². The highest BCUT2D eigenvalue weighted by Gasteiger charge is 2.48. The Labute approximate surface area is 284 Å². The fourth-order valence-electron chi connectivity index (χ4n) is 8.38. The molecule has 4 aliphatic rings. The van der Waals surface area contributed by atoms with Gasteiger partial charge in [-0.1, -0.05) is 11.2 Å². The number of ether oxygens (including phenoxy) is 2. The van der Waals surface area contributed by atoms with Gasteiger partial charge in [0.05, 0.1) is 29.7 Å². The molecule has 3 atom stereocenters. The van der Waals surface area contributed by atoms with Crippen LogP contribution in [0.15, 0.2) is 35.0 Å². The Kier molecular flexibility index (Phi) is 7.68. The van der Waals surface area contributed by atoms with Crippen molar-refractivity contribution in [3.63, 3.8) is 0 Å². The van der Waals surface area contributed by atoms with Gasteiger partial charge in [-0.15, -0.1) is 0 Å². The van der Waals surface area contributed by atoms with Crippen LogP contribution >= 0.6 is 0 Å². The summed E-state index contributed by atoms with van der Waals surface area (Å²) in [4.78, 5) is 25.2. The van der Waals surface area contributed by atoms with E-state index in [-0.39, 0.29) is 23.7 Å². The molecule has 49 heavy (non-hydrogen) atoms. The van der Waals surface area contributed by atoms with Crippen molar-refractivity contribution in [2.45, 2.75) is 88.3 Å². The van der Waals surface area contributed by atoms with Crippen molar-refractivity contribution in [2.24, 2.45) is 0 Å². The van der Waals surface area contributed by atoms with Gasteiger partial charge >= 0.3 is 0 Å². The number of hydrogen-bond acceptors (Lipinski definition) is 11. The van der Waals surface area contributed by atoms with Crippen molar-refractivity contribution in [3.8, 4) is 29.3 Å². The molecule has 2 fully saturated rings. The molecule has 0 bridgehead atoms. The molecule has 5 heterocycles. The molecule has 254 valence electrons. The summed E-state index contributed by atoms with van der Waals surface area (Å²) in [5.74, 6) is 1.66. The molecule has 1 amide bonds. The van der Waals surface area contributed by atoms with Crippen molar-refractivity contribution in [1.29, 1.82) is 5.26 Å². The number of amides is 1. The molecule has 1 aromatic carbocycles. The Morgan fingerprint density at radius 3 is 2.73 bits per heavy atom. The lowest BCUT2D eigenvalue weighted by atomic mass is 9.61. The highest BCUT2D eigenvalue weighted by atomic mass is 16.5. The number of aromatic nitrogens is 5. The number of nitriles is 1. The largest absolute Gasteiger partial charge is 0.473 e. The van der Waals surface area contributed by atoms with Gasteiger partial charge in [0, 0.05) is 29.6 Å². The van der Waals surface area contributed by atoms with Crippen molar-refractivity contribution >= 4 is 11.6 Å². The first kappa shape index (κ1) is 31.5. The van der Waals surface area contributed by atoms with Gasteiger partial charge in [0.25, 0.3) is 5.91 Å². The van der Waals surface area contributed by atoms with Gasteiger partial charge in [0.15, 0.2) is 28.8 Å². The number of carbonyl (C=O) groups is 1. The third-order valence-corrected chi connectivity index (χ3v) is 10.9. The average molecular weight is 664 g/mol. The number of carbonyl (C=O) groups excluding carboxylic acids is 1. The number of rotatable bonds is 7. The van der Waals surface area contributed by atoms with Crippen LogP contribution in [-0.2, 0) is 23.0 Å². The first-order valence-electron chi connectivity index (χ1n) is 17.2. The number of nitrogens with zero attached hydrogens (tertiary/aromatic N) is 7. The number of likely N-dealkylation sites (N-methyl/N-ethyl adjacent to an activating group) is 1. The summed E-state index contributed by atoms with van der Waals surface area (Å²) in [6.45, 7) is 5.96. The minimum absolute atomic E-state index is 0.129. The number of fused-ring (bicyclic) bond motifs is 4. The SMILES string of the molecule is C[C@H](Oc1cc(-n2ccc(C(=O)NC3(C)COC3)n2)nc(-c2noc3c2CCC[C@@]32CCCc3ccc(N)c(C#N)c32)n1)[C@@H]1CCCN1C. The second-order valence-electron chi connectivity index (χ2n) is 14.4. The van der Waals surface area contributed by atoms with Crippen LogP contribution in [0.5, 0.6) is 5.88 Å². The summed E-state index contributed by atoms with van der Waals surface area (Å²) < 4.78 is 19.6. The van der Waals surface area contributed by atoms with E-state index in [1.165, 1.54) is 0 Å². The maximum Gasteiger partial charge on any atom is 0.272 e. The molecular weight excluding hydrogens is 622 g/mol. The summed E-state index contributed by atoms with van der Waals surface area (Å²) in [5.41, 5.74) is 10.3. The standard InChI is InChI=1S/C36H41N9O4/c1-21(27-9-6-15-44(27)3)48-29-17-28(45-16-12-26(42-45)34(46)41-35(2)19-47-20-35)39-33(40-29)31-23-8-5-14-36(32(23)49-43-31)13-4-7-22-10-11-25(38)24(18-37)30(22)36/h10-12,16-17,21,27H,4-9,13-15,19-20,38H2,1-3H3,(H,41,46)/t21-,27-,36+/m0/s1. The van der Waals surface area contributed by atoms with E-state index >= 15 is 0 Å². The maximum absolute atomic E-state index is 13.0. The van der Waals surface area contributed by atoms with Crippen molar-refractivity contribution < 1.29 is 18.8 Å². The molecule has 4 aromatic rings. The second kappa shape index (κ2) is 12.0. The topological polar surface area (TPSA) is 170 Å². The predicted molar refractivity (Wildman–Crippen MR) is 179 cm³/mol. The van der Waals surface area contributed by atoms with Crippen LogP contribution in [0, 0.1) is 11.3 Å². The molecule has 2 aliphatic carbocycles. The van der Waals surface area contributed by atoms with Gasteiger partial charge in [-0.05, 0) is 102 Å². The van der Waals surface area contributed by atoms with E-state index in [4.69, 9.17) is 29.7 Å². The number of likely N-dealkylation sites (tertiary alicyclic amines) is 1. The van der Waals surface area contributed by atoms with Crippen LogP contribution < -0.4 is 15.8 Å². The molecule has 0 unspecified atom stereocenters. The van der Waals surface area contributed by atoms with Gasteiger partial charge in [-0.3, -0.25) is 9.69 Å². The lowest BCUT2D eigenvalue weighted by Crippen LogP contribution is -2.59. The van der Waals surface area contributed by atoms with Gasteiger partial charge < -0.3 is 25.0 Å². The zero-order valence-electron chi connectivity index (χ0n) is 28.2. The fourth-order valence-corrected chi connectivity index (χ4v) is 8.38. The van der Waals surface area contributed by atoms with Crippen LogP contribution in [0.4, 0.5) is 5.69 Å². The van der Waals surface area contributed by atoms with E-state index in [1.807, 2.05) is 13.0 Å². The molecule has 8 rings (SSSR count). The summed E-state index contributed by atoms with van der Waals surface area (Å²) >= 11 is 0. The van der Waals surface area contributed by atoms with Crippen LogP contribution in [-0.4, -0.2) is 80.2 Å². The minimum Gasteiger partial charge on any atom is -0.473 e. The third-order valence-electron chi connectivity index (χ3n) is 10.9. The Bertz CT molecular complexity index is 1970. The minimum atomic E-state index is -0.502. The molecule has 0 radical (unpaired) electrons. The number of nitrogens with one attached hydrogen (secondary N) is 1. The Balaban J connectivity index is 1.20. The molecule has 13 nitrogen and oxygen atoms in total. The first-order valence-corrected chi connectivity index (χ1v) is 17.2. The third kappa shape index (κ3) is 5.34. The average Bonchev–Trinajstić information content (AvgIpc) is 3.85. The van der Waals surface area contributed by atoms with Gasteiger partial charge in [-0.2, -0.15) is 15.3 Å². The lowest BCUT2D eigenvalue weighted by Gasteiger charge is -2.41. The zero-order valence-corrected chi connectivity index (χ0v) is 28.2. The summed E-state index contributed by atoms with van der Waals surface area (Å²) in [6.07, 6.45) is 8.89. The second-order valence-corrected chi connectivity index (χ2v) is 14.4. The van der Waals surface area contributed by atoms with E-state index < -0.39 is 11.0 Å². The molecule has 2 saturated heterocycles. The Hall–Kier alpha value is -4.80. The normalized spacial score (nSPS) is 23.3. The Morgan fingerprint density at radius 1 is 1.18 bits per heavy atom. The first-order chi connectivity index (χ1) is 23.7. The lowest BCUT2D eigenvalue weighted by molar-refractivity contribution is -0.0594. The summed E-state index contributed by atoms with van der Waals surface area (Å²) in [5, 5.41) is 22.4. The summed E-state index contributed by atoms with van der Waals surface area (Å²) in [6, 6.07) is 9.95. The molecule has 3 aromatic heterocycles. The van der Waals surface area contributed by atoms with Crippen molar-refractivity contribution in [2.75, 3.05) is 32.5 Å². The molecule has 13 heteroatoms. The predicted octanol–water partition coefficient (Wildman–Crippen LogP) is 4.11. The highest BCUT2D eigenvalue weighted by molar-refractivity contribution is 5.92. The number of nitrogens with two attached hydrogens (primary N) is 1. The monoisotopic (exact) mass is 663 g/mol. The van der Waals surface area contributed by atoms with Crippen LogP contribution in [0.2, 0.25) is 0 Å².